The topological polar surface area (TPSA) is 74.8 Å². The lowest BCUT2D eigenvalue weighted by molar-refractivity contribution is -0.113. The molecule has 170 valence electrons. The van der Waals surface area contributed by atoms with Crippen LogP contribution in [0.4, 0.5) is 5.69 Å². The molecule has 1 unspecified atom stereocenters. The average Bonchev–Trinajstić information content (AvgIpc) is 3.09. The molecular formula is C25H31N3O2S2. The molecule has 5 nitrogen and oxygen atoms in total. The molecule has 2 heterocycles. The predicted octanol–water partition coefficient (Wildman–Crippen LogP) is 6.09. The van der Waals surface area contributed by atoms with E-state index in [1.807, 2.05) is 0 Å². The Labute approximate surface area is 197 Å². The normalized spacial score (nSPS) is 16.0. The molecule has 0 spiro atoms. The highest BCUT2D eigenvalue weighted by Gasteiger charge is 2.23. The zero-order chi connectivity index (χ0) is 23.0. The number of amides is 1. The molecule has 32 heavy (non-hydrogen) atoms. The lowest BCUT2D eigenvalue weighted by Gasteiger charge is -2.20. The van der Waals surface area contributed by atoms with Gasteiger partial charge in [-0.15, -0.1) is 11.3 Å². The number of aromatic nitrogens is 2. The molecule has 1 aliphatic carbocycles. The number of hydrogen-bond acceptors (Lipinski definition) is 5. The fourth-order valence-electron chi connectivity index (χ4n) is 4.40. The Balaban J connectivity index is 1.52. The summed E-state index contributed by atoms with van der Waals surface area (Å²) in [4.78, 5) is 35.3. The van der Waals surface area contributed by atoms with Crippen molar-refractivity contribution in [2.24, 2.45) is 5.92 Å². The first kappa shape index (κ1) is 23.1. The largest absolute Gasteiger partial charge is 0.325 e. The van der Waals surface area contributed by atoms with Gasteiger partial charge in [0, 0.05) is 10.6 Å². The van der Waals surface area contributed by atoms with Crippen LogP contribution in [0.15, 0.2) is 28.2 Å². The standard InChI is InChI=1S/C25H31N3O2S2/c1-13(2)16-7-6-8-17(14(3)4)22(16)26-20(29)12-31-25-27-23(30)21-18-10-9-15(5)11-19(18)32-24(21)28-25/h6-8,13-15H,9-12H2,1-5H3,(H,26,29)(H,27,28,30). The summed E-state index contributed by atoms with van der Waals surface area (Å²) in [5.74, 6) is 1.37. The summed E-state index contributed by atoms with van der Waals surface area (Å²) in [5.41, 5.74) is 4.29. The Morgan fingerprint density at radius 1 is 1.25 bits per heavy atom. The second kappa shape index (κ2) is 9.40. The highest BCUT2D eigenvalue weighted by molar-refractivity contribution is 7.99. The number of fused-ring (bicyclic) bond motifs is 3. The molecule has 0 fully saturated rings. The van der Waals surface area contributed by atoms with E-state index in [1.54, 1.807) is 11.3 Å². The summed E-state index contributed by atoms with van der Waals surface area (Å²) in [6, 6.07) is 6.21. The zero-order valence-electron chi connectivity index (χ0n) is 19.4. The Morgan fingerprint density at radius 3 is 2.59 bits per heavy atom. The van der Waals surface area contributed by atoms with Crippen LogP contribution in [0.25, 0.3) is 10.2 Å². The third-order valence-corrected chi connectivity index (χ3v) is 8.14. The van der Waals surface area contributed by atoms with Crippen LogP contribution in [0.1, 0.15) is 74.4 Å². The fourth-order valence-corrected chi connectivity index (χ4v) is 6.50. The molecule has 4 rings (SSSR count). The van der Waals surface area contributed by atoms with Crippen molar-refractivity contribution < 1.29 is 4.79 Å². The highest BCUT2D eigenvalue weighted by Crippen LogP contribution is 2.36. The van der Waals surface area contributed by atoms with E-state index in [2.05, 4.69) is 68.1 Å². The van der Waals surface area contributed by atoms with Crippen LogP contribution in [-0.4, -0.2) is 21.6 Å². The molecule has 0 radical (unpaired) electrons. The molecule has 1 aromatic carbocycles. The van der Waals surface area contributed by atoms with Gasteiger partial charge in [0.25, 0.3) is 5.56 Å². The van der Waals surface area contributed by atoms with Crippen molar-refractivity contribution in [3.05, 3.63) is 50.1 Å². The number of benzene rings is 1. The van der Waals surface area contributed by atoms with E-state index >= 15 is 0 Å². The maximum absolute atomic E-state index is 12.8. The van der Waals surface area contributed by atoms with Gasteiger partial charge < -0.3 is 10.3 Å². The molecule has 7 heteroatoms. The van der Waals surface area contributed by atoms with Gasteiger partial charge in [-0.25, -0.2) is 4.98 Å². The van der Waals surface area contributed by atoms with Crippen LogP contribution in [0.3, 0.4) is 0 Å². The number of para-hydroxylation sites is 1. The lowest BCUT2D eigenvalue weighted by atomic mass is 9.89. The van der Waals surface area contributed by atoms with Crippen LogP contribution in [0, 0.1) is 5.92 Å². The average molecular weight is 470 g/mol. The van der Waals surface area contributed by atoms with Gasteiger partial charge in [0.15, 0.2) is 5.16 Å². The Morgan fingerprint density at radius 2 is 1.94 bits per heavy atom. The number of thiophene rings is 1. The summed E-state index contributed by atoms with van der Waals surface area (Å²) in [5, 5.41) is 4.38. The van der Waals surface area contributed by atoms with Crippen LogP contribution in [0.2, 0.25) is 0 Å². The molecule has 0 saturated heterocycles. The lowest BCUT2D eigenvalue weighted by Crippen LogP contribution is -2.18. The molecule has 0 saturated carbocycles. The number of aryl methyl sites for hydroxylation is 1. The highest BCUT2D eigenvalue weighted by atomic mass is 32.2. The molecular weight excluding hydrogens is 438 g/mol. The Bertz CT molecular complexity index is 1180. The van der Waals surface area contributed by atoms with Gasteiger partial charge in [-0.1, -0.05) is 64.6 Å². The maximum atomic E-state index is 12.8. The monoisotopic (exact) mass is 469 g/mol. The number of thioether (sulfide) groups is 1. The van der Waals surface area contributed by atoms with Crippen molar-refractivity contribution in [1.29, 1.82) is 0 Å². The first-order valence-corrected chi connectivity index (χ1v) is 13.1. The van der Waals surface area contributed by atoms with Crippen molar-refractivity contribution in [2.45, 2.75) is 70.9 Å². The van der Waals surface area contributed by atoms with E-state index in [9.17, 15) is 9.59 Å². The van der Waals surface area contributed by atoms with E-state index in [0.717, 1.165) is 46.3 Å². The van der Waals surface area contributed by atoms with Gasteiger partial charge in [0.2, 0.25) is 5.91 Å². The summed E-state index contributed by atoms with van der Waals surface area (Å²) in [7, 11) is 0. The van der Waals surface area contributed by atoms with Crippen molar-refractivity contribution in [1.82, 2.24) is 9.97 Å². The number of hydrogen-bond donors (Lipinski definition) is 2. The quantitative estimate of drug-likeness (QED) is 0.338. The second-order valence-electron chi connectivity index (χ2n) is 9.36. The molecule has 2 aromatic heterocycles. The second-order valence-corrected chi connectivity index (χ2v) is 11.4. The van der Waals surface area contributed by atoms with Crippen molar-refractivity contribution in [2.75, 3.05) is 11.1 Å². The van der Waals surface area contributed by atoms with Crippen LogP contribution < -0.4 is 10.9 Å². The van der Waals surface area contributed by atoms with Crippen LogP contribution >= 0.6 is 23.1 Å². The van der Waals surface area contributed by atoms with Gasteiger partial charge in [-0.3, -0.25) is 9.59 Å². The van der Waals surface area contributed by atoms with Crippen molar-refractivity contribution in [3.63, 3.8) is 0 Å². The van der Waals surface area contributed by atoms with E-state index in [1.165, 1.54) is 22.2 Å². The minimum atomic E-state index is -0.0907. The smallest absolute Gasteiger partial charge is 0.260 e. The van der Waals surface area contributed by atoms with Crippen LogP contribution in [0.5, 0.6) is 0 Å². The third kappa shape index (κ3) is 4.64. The number of nitrogens with zero attached hydrogens (tertiary/aromatic N) is 1. The molecule has 0 bridgehead atoms. The molecule has 1 atom stereocenters. The molecule has 0 aliphatic heterocycles. The van der Waals surface area contributed by atoms with Crippen molar-refractivity contribution in [3.8, 4) is 0 Å². The van der Waals surface area contributed by atoms with E-state index in [4.69, 9.17) is 0 Å². The van der Waals surface area contributed by atoms with E-state index < -0.39 is 0 Å². The first-order chi connectivity index (χ1) is 15.2. The zero-order valence-corrected chi connectivity index (χ0v) is 21.0. The van der Waals surface area contributed by atoms with Crippen LogP contribution in [-0.2, 0) is 17.6 Å². The number of carbonyl (C=O) groups excluding carboxylic acids is 1. The summed E-state index contributed by atoms with van der Waals surface area (Å²) in [6.45, 7) is 10.8. The number of anilines is 1. The maximum Gasteiger partial charge on any atom is 0.260 e. The minimum absolute atomic E-state index is 0.0859. The minimum Gasteiger partial charge on any atom is -0.325 e. The van der Waals surface area contributed by atoms with E-state index in [0.29, 0.717) is 22.9 Å². The van der Waals surface area contributed by atoms with Gasteiger partial charge in [-0.2, -0.15) is 0 Å². The van der Waals surface area contributed by atoms with Gasteiger partial charge in [0.1, 0.15) is 4.83 Å². The number of H-pyrrole nitrogens is 1. The van der Waals surface area contributed by atoms with Gasteiger partial charge in [-0.05, 0) is 53.7 Å². The van der Waals surface area contributed by atoms with Gasteiger partial charge >= 0.3 is 0 Å². The molecule has 1 amide bonds. The summed E-state index contributed by atoms with van der Waals surface area (Å²) >= 11 is 2.91. The summed E-state index contributed by atoms with van der Waals surface area (Å²) < 4.78 is 0. The Hall–Kier alpha value is -2.12. The summed E-state index contributed by atoms with van der Waals surface area (Å²) in [6.07, 6.45) is 3.09. The molecule has 2 N–H and O–H groups in total. The van der Waals surface area contributed by atoms with E-state index in [-0.39, 0.29) is 17.2 Å². The van der Waals surface area contributed by atoms with Gasteiger partial charge in [0.05, 0.1) is 11.1 Å². The molecule has 3 aromatic rings. The number of nitrogens with one attached hydrogen (secondary N) is 2. The fraction of sp³-hybridized carbons (Fsp3) is 0.480. The number of aromatic amines is 1. The number of carbonyl (C=O) groups is 1. The first-order valence-electron chi connectivity index (χ1n) is 11.3. The van der Waals surface area contributed by atoms with Crippen molar-refractivity contribution >= 4 is 44.9 Å². The third-order valence-electron chi connectivity index (χ3n) is 6.12. The molecule has 1 aliphatic rings. The number of rotatable bonds is 6. The SMILES string of the molecule is CC1CCc2c(sc3nc(SCC(=O)Nc4c(C(C)C)cccc4C(C)C)[nH]c(=O)c23)C1. The Kier molecular flexibility index (Phi) is 6.77. The predicted molar refractivity (Wildman–Crippen MR) is 135 cm³/mol.